The van der Waals surface area contributed by atoms with Gasteiger partial charge in [-0.05, 0) is 62.4 Å². The highest BCUT2D eigenvalue weighted by atomic mass is 35.5. The second-order valence-electron chi connectivity index (χ2n) is 7.65. The molecule has 5 nitrogen and oxygen atoms in total. The number of piperidine rings is 1. The Bertz CT molecular complexity index is 887. The van der Waals surface area contributed by atoms with Crippen molar-refractivity contribution in [2.24, 2.45) is 5.41 Å². The number of para-hydroxylation sites is 1. The molecule has 3 rings (SSSR count). The van der Waals surface area contributed by atoms with Crippen LogP contribution in [0.1, 0.15) is 30.9 Å². The van der Waals surface area contributed by atoms with Gasteiger partial charge < -0.3 is 15.0 Å². The zero-order chi connectivity index (χ0) is 21.7. The van der Waals surface area contributed by atoms with Gasteiger partial charge in [-0.25, -0.2) is 4.79 Å². The van der Waals surface area contributed by atoms with E-state index >= 15 is 0 Å². The van der Waals surface area contributed by atoms with Crippen LogP contribution in [0.3, 0.4) is 0 Å². The third-order valence-electron chi connectivity index (χ3n) is 5.63. The summed E-state index contributed by atoms with van der Waals surface area (Å²) in [6.45, 7) is 4.96. The zero-order valence-corrected chi connectivity index (χ0v) is 18.7. The minimum Gasteiger partial charge on any atom is -0.466 e. The molecule has 0 atom stereocenters. The fourth-order valence-corrected chi connectivity index (χ4v) is 4.24. The van der Waals surface area contributed by atoms with Crippen LogP contribution in [0.15, 0.2) is 42.5 Å². The summed E-state index contributed by atoms with van der Waals surface area (Å²) in [5.41, 5.74) is 1.89. The first-order valence-corrected chi connectivity index (χ1v) is 10.8. The van der Waals surface area contributed by atoms with Crippen molar-refractivity contribution in [3.8, 4) is 0 Å². The maximum absolute atomic E-state index is 12.9. The molecule has 0 radical (unpaired) electrons. The Balaban J connectivity index is 1.71. The zero-order valence-electron chi connectivity index (χ0n) is 17.2. The van der Waals surface area contributed by atoms with Gasteiger partial charge in [-0.2, -0.15) is 0 Å². The monoisotopic (exact) mass is 448 g/mol. The maximum atomic E-state index is 12.9. The van der Waals surface area contributed by atoms with Crippen molar-refractivity contribution in [1.82, 2.24) is 4.90 Å². The number of rotatable bonds is 5. The molecular weight excluding hydrogens is 423 g/mol. The van der Waals surface area contributed by atoms with Crippen LogP contribution in [0.5, 0.6) is 0 Å². The summed E-state index contributed by atoms with van der Waals surface area (Å²) >= 11 is 12.2. The van der Waals surface area contributed by atoms with E-state index in [0.29, 0.717) is 54.7 Å². The predicted octanol–water partition coefficient (Wildman–Crippen LogP) is 5.72. The summed E-state index contributed by atoms with van der Waals surface area (Å²) in [4.78, 5) is 27.4. The number of nitrogens with zero attached hydrogens (tertiary/aromatic N) is 1. The van der Waals surface area contributed by atoms with Gasteiger partial charge in [0.2, 0.25) is 0 Å². The molecule has 160 valence electrons. The Labute approximate surface area is 187 Å². The lowest BCUT2D eigenvalue weighted by Crippen LogP contribution is -2.49. The summed E-state index contributed by atoms with van der Waals surface area (Å²) in [5.74, 6) is -0.207. The number of carbonyl (C=O) groups is 2. The summed E-state index contributed by atoms with van der Waals surface area (Å²) in [6.07, 6.45) is 1.62. The molecule has 1 aliphatic rings. The number of ether oxygens (including phenoxy) is 1. The van der Waals surface area contributed by atoms with Crippen LogP contribution in [0.25, 0.3) is 0 Å². The second-order valence-corrected chi connectivity index (χ2v) is 8.50. The highest BCUT2D eigenvalue weighted by Gasteiger charge is 2.43. The van der Waals surface area contributed by atoms with Crippen LogP contribution in [0.4, 0.5) is 10.5 Å². The highest BCUT2D eigenvalue weighted by molar-refractivity contribution is 6.33. The standard InChI is InChI=1S/C23H26Cl2N2O3/c1-3-30-21(28)23(15-17-7-9-18(24)10-8-17)11-13-27(14-12-23)22(29)26-20-16(2)5-4-6-19(20)25/h4-10H,3,11-15H2,1-2H3,(H,26,29). The molecule has 0 spiro atoms. The molecule has 1 N–H and O–H groups in total. The van der Waals surface area contributed by atoms with E-state index in [-0.39, 0.29) is 12.0 Å². The SMILES string of the molecule is CCOC(=O)C1(Cc2ccc(Cl)cc2)CCN(C(=O)Nc2c(C)cccc2Cl)CC1. The van der Waals surface area contributed by atoms with E-state index in [0.717, 1.165) is 11.1 Å². The topological polar surface area (TPSA) is 58.6 Å². The average molecular weight is 449 g/mol. The van der Waals surface area contributed by atoms with Gasteiger partial charge in [-0.3, -0.25) is 4.79 Å². The lowest BCUT2D eigenvalue weighted by Gasteiger charge is -2.40. The highest BCUT2D eigenvalue weighted by Crippen LogP contribution is 2.37. The molecule has 30 heavy (non-hydrogen) atoms. The van der Waals surface area contributed by atoms with Gasteiger partial charge in [0, 0.05) is 18.1 Å². The Kier molecular flexibility index (Phi) is 7.27. The fraction of sp³-hybridized carbons (Fsp3) is 0.391. The number of hydrogen-bond donors (Lipinski definition) is 1. The van der Waals surface area contributed by atoms with Crippen LogP contribution < -0.4 is 5.32 Å². The number of hydrogen-bond acceptors (Lipinski definition) is 3. The van der Waals surface area contributed by atoms with Gasteiger partial charge in [-0.15, -0.1) is 0 Å². The van der Waals surface area contributed by atoms with Crippen molar-refractivity contribution in [3.63, 3.8) is 0 Å². The van der Waals surface area contributed by atoms with Gasteiger partial charge in [0.1, 0.15) is 0 Å². The van der Waals surface area contributed by atoms with E-state index in [2.05, 4.69) is 5.32 Å². The van der Waals surface area contributed by atoms with Gasteiger partial charge in [0.15, 0.2) is 0 Å². The van der Waals surface area contributed by atoms with E-state index < -0.39 is 5.41 Å². The Morgan fingerprint density at radius 2 is 1.77 bits per heavy atom. The first-order valence-electron chi connectivity index (χ1n) is 10.1. The molecule has 0 aromatic heterocycles. The number of benzene rings is 2. The van der Waals surface area contributed by atoms with Crippen molar-refractivity contribution in [2.75, 3.05) is 25.0 Å². The molecule has 2 aromatic rings. The molecule has 0 bridgehead atoms. The number of nitrogens with one attached hydrogen (secondary N) is 1. The maximum Gasteiger partial charge on any atom is 0.321 e. The minimum absolute atomic E-state index is 0.207. The lowest BCUT2D eigenvalue weighted by atomic mass is 9.73. The molecule has 2 amide bonds. The molecule has 1 aliphatic heterocycles. The molecular formula is C23H26Cl2N2O3. The quantitative estimate of drug-likeness (QED) is 0.594. The molecule has 1 fully saturated rings. The molecule has 1 saturated heterocycles. The normalized spacial score (nSPS) is 15.5. The largest absolute Gasteiger partial charge is 0.466 e. The summed E-state index contributed by atoms with van der Waals surface area (Å²) in [5, 5.41) is 4.07. The first-order chi connectivity index (χ1) is 14.3. The van der Waals surface area contributed by atoms with Gasteiger partial charge in [0.25, 0.3) is 0 Å². The second kappa shape index (κ2) is 9.71. The molecule has 0 aliphatic carbocycles. The number of aryl methyl sites for hydroxylation is 1. The third-order valence-corrected chi connectivity index (χ3v) is 6.19. The fourth-order valence-electron chi connectivity index (χ4n) is 3.84. The first kappa shape index (κ1) is 22.4. The summed E-state index contributed by atoms with van der Waals surface area (Å²) in [7, 11) is 0. The lowest BCUT2D eigenvalue weighted by molar-refractivity contribution is -0.158. The van der Waals surface area contributed by atoms with Crippen LogP contribution >= 0.6 is 23.2 Å². The van der Waals surface area contributed by atoms with Crippen molar-refractivity contribution >= 4 is 40.9 Å². The number of halogens is 2. The average Bonchev–Trinajstić information content (AvgIpc) is 2.73. The Morgan fingerprint density at radius 1 is 1.10 bits per heavy atom. The van der Waals surface area contributed by atoms with E-state index in [1.807, 2.05) is 50.2 Å². The van der Waals surface area contributed by atoms with Crippen LogP contribution in [-0.4, -0.2) is 36.6 Å². The number of amides is 2. The predicted molar refractivity (Wildman–Crippen MR) is 120 cm³/mol. The molecule has 1 heterocycles. The number of anilines is 1. The van der Waals surface area contributed by atoms with E-state index in [4.69, 9.17) is 27.9 Å². The number of likely N-dealkylation sites (tertiary alicyclic amines) is 1. The van der Waals surface area contributed by atoms with Crippen LogP contribution in [-0.2, 0) is 16.0 Å². The molecule has 0 unspecified atom stereocenters. The minimum atomic E-state index is -0.652. The number of esters is 1. The molecule has 2 aromatic carbocycles. The Hall–Kier alpha value is -2.24. The van der Waals surface area contributed by atoms with Crippen molar-refractivity contribution < 1.29 is 14.3 Å². The van der Waals surface area contributed by atoms with Gasteiger partial charge in [-0.1, -0.05) is 47.5 Å². The smallest absolute Gasteiger partial charge is 0.321 e. The van der Waals surface area contributed by atoms with Gasteiger partial charge >= 0.3 is 12.0 Å². The van der Waals surface area contributed by atoms with Crippen LogP contribution in [0.2, 0.25) is 10.0 Å². The van der Waals surface area contributed by atoms with Crippen molar-refractivity contribution in [2.45, 2.75) is 33.1 Å². The van der Waals surface area contributed by atoms with Crippen molar-refractivity contribution in [1.29, 1.82) is 0 Å². The van der Waals surface area contributed by atoms with Gasteiger partial charge in [0.05, 0.1) is 22.7 Å². The van der Waals surface area contributed by atoms with E-state index in [9.17, 15) is 9.59 Å². The van der Waals surface area contributed by atoms with E-state index in [1.165, 1.54) is 0 Å². The number of urea groups is 1. The van der Waals surface area contributed by atoms with Crippen molar-refractivity contribution in [3.05, 3.63) is 63.6 Å². The van der Waals surface area contributed by atoms with E-state index in [1.54, 1.807) is 11.0 Å². The van der Waals surface area contributed by atoms with Crippen LogP contribution in [0, 0.1) is 12.3 Å². The summed E-state index contributed by atoms with van der Waals surface area (Å²) < 4.78 is 5.40. The number of carbonyl (C=O) groups excluding carboxylic acids is 2. The molecule has 0 saturated carbocycles. The third kappa shape index (κ3) is 5.08. The Morgan fingerprint density at radius 3 is 2.37 bits per heavy atom. The molecule has 7 heteroatoms. The summed E-state index contributed by atoms with van der Waals surface area (Å²) in [6, 6.07) is 12.8.